The minimum absolute atomic E-state index is 0.0228. The predicted octanol–water partition coefficient (Wildman–Crippen LogP) is 3.24. The summed E-state index contributed by atoms with van der Waals surface area (Å²) in [4.78, 5) is 27.5. The summed E-state index contributed by atoms with van der Waals surface area (Å²) < 4.78 is 0.903. The normalized spacial score (nSPS) is 24.9. The number of carboxylic acid groups (broad SMARTS) is 1. The van der Waals surface area contributed by atoms with E-state index < -0.39 is 5.97 Å². The van der Waals surface area contributed by atoms with Crippen LogP contribution in [0.5, 0.6) is 0 Å². The number of halogens is 1. The number of amides is 2. The van der Waals surface area contributed by atoms with Gasteiger partial charge in [0, 0.05) is 22.9 Å². The predicted molar refractivity (Wildman–Crippen MR) is 92.5 cm³/mol. The van der Waals surface area contributed by atoms with Crippen molar-refractivity contribution in [3.63, 3.8) is 0 Å². The maximum absolute atomic E-state index is 12.4. The van der Waals surface area contributed by atoms with Crippen molar-refractivity contribution in [3.8, 4) is 0 Å². The van der Waals surface area contributed by atoms with Gasteiger partial charge < -0.3 is 15.7 Å². The average Bonchev–Trinajstić information content (AvgIpc) is 3.38. The summed E-state index contributed by atoms with van der Waals surface area (Å²) in [6.07, 6.45) is 8.44. The van der Waals surface area contributed by atoms with Crippen molar-refractivity contribution in [2.75, 3.05) is 0 Å². The SMILES string of the molecule is O=C(NC1CCC(C(=O)O)CC1)NC(c1cncc(Br)c1)C1CC1. The van der Waals surface area contributed by atoms with E-state index in [1.165, 1.54) is 0 Å². The zero-order valence-electron chi connectivity index (χ0n) is 13.4. The minimum atomic E-state index is -0.728. The van der Waals surface area contributed by atoms with Crippen LogP contribution in [-0.2, 0) is 4.79 Å². The molecule has 0 radical (unpaired) electrons. The number of carbonyl (C=O) groups is 2. The number of nitrogens with one attached hydrogen (secondary N) is 2. The van der Waals surface area contributed by atoms with E-state index in [4.69, 9.17) is 5.11 Å². The Balaban J connectivity index is 1.54. The van der Waals surface area contributed by atoms with Gasteiger partial charge in [-0.25, -0.2) is 4.79 Å². The van der Waals surface area contributed by atoms with Crippen molar-refractivity contribution in [1.82, 2.24) is 15.6 Å². The third-order valence-electron chi connectivity index (χ3n) is 4.88. The topological polar surface area (TPSA) is 91.3 Å². The molecule has 3 N–H and O–H groups in total. The van der Waals surface area contributed by atoms with E-state index in [1.807, 2.05) is 6.07 Å². The smallest absolute Gasteiger partial charge is 0.315 e. The first-order chi connectivity index (χ1) is 11.5. The Morgan fingerprint density at radius 3 is 2.46 bits per heavy atom. The highest BCUT2D eigenvalue weighted by Crippen LogP contribution is 2.41. The monoisotopic (exact) mass is 395 g/mol. The minimum Gasteiger partial charge on any atom is -0.481 e. The Hall–Kier alpha value is -1.63. The van der Waals surface area contributed by atoms with Crippen molar-refractivity contribution in [1.29, 1.82) is 0 Å². The van der Waals surface area contributed by atoms with E-state index in [2.05, 4.69) is 31.5 Å². The third-order valence-corrected chi connectivity index (χ3v) is 5.31. The molecule has 2 amide bonds. The number of nitrogens with zero attached hydrogens (tertiary/aromatic N) is 1. The third kappa shape index (κ3) is 4.47. The van der Waals surface area contributed by atoms with E-state index in [9.17, 15) is 9.59 Å². The number of urea groups is 1. The van der Waals surface area contributed by atoms with Gasteiger partial charge in [0.1, 0.15) is 0 Å². The molecule has 24 heavy (non-hydrogen) atoms. The van der Waals surface area contributed by atoms with Gasteiger partial charge in [0.05, 0.1) is 12.0 Å². The first kappa shape index (κ1) is 17.2. The fourth-order valence-corrected chi connectivity index (χ4v) is 3.74. The first-order valence-corrected chi connectivity index (χ1v) is 9.22. The maximum Gasteiger partial charge on any atom is 0.315 e. The van der Waals surface area contributed by atoms with Crippen LogP contribution in [0.4, 0.5) is 4.79 Å². The number of aromatic nitrogens is 1. The summed E-state index contributed by atoms with van der Waals surface area (Å²) >= 11 is 3.42. The molecule has 2 aliphatic rings. The highest BCUT2D eigenvalue weighted by molar-refractivity contribution is 9.10. The standard InChI is InChI=1S/C17H22BrN3O3/c18-13-7-12(8-19-9-13)15(10-1-2-10)21-17(24)20-14-5-3-11(4-6-14)16(22)23/h7-11,14-15H,1-6H2,(H,22,23)(H2,20,21,24). The molecule has 0 bridgehead atoms. The molecule has 2 saturated carbocycles. The van der Waals surface area contributed by atoms with Crippen molar-refractivity contribution in [2.45, 2.75) is 50.6 Å². The lowest BCUT2D eigenvalue weighted by atomic mass is 9.86. The Labute approximate surface area is 149 Å². The van der Waals surface area contributed by atoms with Gasteiger partial charge in [0.25, 0.3) is 0 Å². The van der Waals surface area contributed by atoms with Crippen molar-refractivity contribution < 1.29 is 14.7 Å². The van der Waals surface area contributed by atoms with Crippen LogP contribution in [0.1, 0.15) is 50.1 Å². The summed E-state index contributed by atoms with van der Waals surface area (Å²) in [6.45, 7) is 0. The van der Waals surface area contributed by atoms with E-state index in [1.54, 1.807) is 12.4 Å². The first-order valence-electron chi connectivity index (χ1n) is 8.43. The molecule has 2 aliphatic carbocycles. The fourth-order valence-electron chi connectivity index (χ4n) is 3.35. The zero-order valence-corrected chi connectivity index (χ0v) is 15.0. The molecule has 3 rings (SSSR count). The number of hydrogen-bond donors (Lipinski definition) is 3. The van der Waals surface area contributed by atoms with Crippen LogP contribution in [-0.4, -0.2) is 28.1 Å². The second-order valence-corrected chi connectivity index (χ2v) is 7.67. The summed E-state index contributed by atoms with van der Waals surface area (Å²) in [6, 6.07) is 1.85. The Kier molecular flexibility index (Phi) is 5.38. The number of carbonyl (C=O) groups excluding carboxylic acids is 1. The largest absolute Gasteiger partial charge is 0.481 e. The molecule has 130 valence electrons. The molecule has 1 heterocycles. The number of rotatable bonds is 5. The lowest BCUT2D eigenvalue weighted by Crippen LogP contribution is -2.45. The van der Waals surface area contributed by atoms with Crippen LogP contribution in [0.15, 0.2) is 22.9 Å². The van der Waals surface area contributed by atoms with Crippen LogP contribution in [0, 0.1) is 11.8 Å². The highest BCUT2D eigenvalue weighted by atomic mass is 79.9. The number of aliphatic carboxylic acids is 1. The van der Waals surface area contributed by atoms with Gasteiger partial charge in [0.2, 0.25) is 0 Å². The second-order valence-electron chi connectivity index (χ2n) is 6.76. The van der Waals surface area contributed by atoms with Gasteiger partial charge in [0.15, 0.2) is 0 Å². The van der Waals surface area contributed by atoms with Gasteiger partial charge >= 0.3 is 12.0 Å². The Bertz CT molecular complexity index is 613. The van der Waals surface area contributed by atoms with Gasteiger partial charge in [-0.05, 0) is 72.0 Å². The van der Waals surface area contributed by atoms with Gasteiger partial charge in [-0.15, -0.1) is 0 Å². The van der Waals surface area contributed by atoms with E-state index >= 15 is 0 Å². The summed E-state index contributed by atoms with van der Waals surface area (Å²) in [5, 5.41) is 15.1. The van der Waals surface area contributed by atoms with Gasteiger partial charge in [-0.1, -0.05) is 0 Å². The molecule has 0 aromatic carbocycles. The van der Waals surface area contributed by atoms with Crippen LogP contribution in [0.2, 0.25) is 0 Å². The highest BCUT2D eigenvalue weighted by Gasteiger charge is 2.34. The quantitative estimate of drug-likeness (QED) is 0.713. The lowest BCUT2D eigenvalue weighted by Gasteiger charge is -2.28. The molecule has 7 heteroatoms. The zero-order chi connectivity index (χ0) is 17.1. The van der Waals surface area contributed by atoms with E-state index in [0.29, 0.717) is 18.8 Å². The second kappa shape index (κ2) is 7.51. The van der Waals surface area contributed by atoms with Gasteiger partial charge in [-0.3, -0.25) is 9.78 Å². The molecular formula is C17H22BrN3O3. The molecule has 1 aromatic rings. The molecule has 6 nitrogen and oxygen atoms in total. The molecule has 0 spiro atoms. The van der Waals surface area contributed by atoms with Crippen LogP contribution < -0.4 is 10.6 Å². The average molecular weight is 396 g/mol. The Morgan fingerprint density at radius 2 is 1.88 bits per heavy atom. The molecule has 1 unspecified atom stereocenters. The van der Waals surface area contributed by atoms with Crippen molar-refractivity contribution in [3.05, 3.63) is 28.5 Å². The van der Waals surface area contributed by atoms with Crippen LogP contribution in [0.3, 0.4) is 0 Å². The fraction of sp³-hybridized carbons (Fsp3) is 0.588. The van der Waals surface area contributed by atoms with Crippen molar-refractivity contribution >= 4 is 27.9 Å². The van der Waals surface area contributed by atoms with E-state index in [0.717, 1.165) is 35.7 Å². The number of hydrogen-bond acceptors (Lipinski definition) is 3. The molecule has 2 fully saturated rings. The summed E-state index contributed by atoms with van der Waals surface area (Å²) in [5.41, 5.74) is 1.01. The summed E-state index contributed by atoms with van der Waals surface area (Å²) in [5.74, 6) is -0.526. The molecule has 1 aromatic heterocycles. The Morgan fingerprint density at radius 1 is 1.17 bits per heavy atom. The van der Waals surface area contributed by atoms with Crippen LogP contribution in [0.25, 0.3) is 0 Å². The van der Waals surface area contributed by atoms with Crippen LogP contribution >= 0.6 is 15.9 Å². The molecule has 0 saturated heterocycles. The van der Waals surface area contributed by atoms with E-state index in [-0.39, 0.29) is 24.0 Å². The molecule has 1 atom stereocenters. The van der Waals surface area contributed by atoms with Gasteiger partial charge in [-0.2, -0.15) is 0 Å². The number of carboxylic acids is 1. The summed E-state index contributed by atoms with van der Waals surface area (Å²) in [7, 11) is 0. The lowest BCUT2D eigenvalue weighted by molar-refractivity contribution is -0.142. The van der Waals surface area contributed by atoms with Crippen molar-refractivity contribution in [2.24, 2.45) is 11.8 Å². The molecule has 0 aliphatic heterocycles. The maximum atomic E-state index is 12.4. The number of pyridine rings is 1. The molecular weight excluding hydrogens is 374 g/mol.